The van der Waals surface area contributed by atoms with E-state index in [0.717, 1.165) is 6.08 Å². The van der Waals surface area contributed by atoms with E-state index in [1.807, 2.05) is 18.2 Å². The van der Waals surface area contributed by atoms with E-state index in [1.165, 1.54) is 0 Å². The number of aliphatic hydroxyl groups excluding tert-OH is 2. The van der Waals surface area contributed by atoms with Crippen molar-refractivity contribution in [3.8, 4) is 5.75 Å². The summed E-state index contributed by atoms with van der Waals surface area (Å²) in [5.74, 6) is -0.388. The molecule has 37 heavy (non-hydrogen) atoms. The van der Waals surface area contributed by atoms with Crippen LogP contribution in [0.15, 0.2) is 43.0 Å². The molecule has 0 amide bonds. The first-order valence-electron chi connectivity index (χ1n) is 12.0. The average Bonchev–Trinajstić information content (AvgIpc) is 2.90. The number of carboxylic acid groups (broad SMARTS) is 1. The van der Waals surface area contributed by atoms with Gasteiger partial charge in [0.15, 0.2) is 0 Å². The molecule has 0 aliphatic rings. The minimum atomic E-state index is -1.01. The van der Waals surface area contributed by atoms with Crippen molar-refractivity contribution in [1.82, 2.24) is 0 Å². The van der Waals surface area contributed by atoms with Crippen LogP contribution in [0.1, 0.15) is 0 Å². The number of benzene rings is 1. The number of rotatable bonds is 25. The summed E-state index contributed by atoms with van der Waals surface area (Å²) in [5.41, 5.74) is 0. The number of hydrogen-bond acceptors (Lipinski definition) is 11. The molecule has 0 saturated carbocycles. The Morgan fingerprint density at radius 3 is 1.41 bits per heavy atom. The molecule has 0 bridgehead atoms. The van der Waals surface area contributed by atoms with Crippen molar-refractivity contribution in [2.45, 2.75) is 6.29 Å². The summed E-state index contributed by atoms with van der Waals surface area (Å²) in [7, 11) is 0. The second-order valence-electron chi connectivity index (χ2n) is 6.90. The first-order valence-corrected chi connectivity index (χ1v) is 12.0. The summed E-state index contributed by atoms with van der Waals surface area (Å²) in [6.45, 7) is 9.02. The van der Waals surface area contributed by atoms with Crippen LogP contribution in [0.3, 0.4) is 0 Å². The minimum Gasteiger partial charge on any atom is -0.478 e. The van der Waals surface area contributed by atoms with Crippen LogP contribution in [0.5, 0.6) is 5.75 Å². The fraction of sp³-hybridized carbons (Fsp3) is 0.640. The van der Waals surface area contributed by atoms with Crippen molar-refractivity contribution < 1.29 is 58.0 Å². The maximum atomic E-state index is 9.72. The zero-order chi connectivity index (χ0) is 27.2. The lowest BCUT2D eigenvalue weighted by Gasteiger charge is -2.13. The SMILES string of the molecule is C=CC(=O)O.OCCOCCOCCOCCOCCOCCOCCOCC(O)Oc1ccccc1. The van der Waals surface area contributed by atoms with Crippen molar-refractivity contribution >= 4 is 5.97 Å². The molecule has 1 atom stereocenters. The van der Waals surface area contributed by atoms with Crippen LogP contribution in [0.4, 0.5) is 0 Å². The maximum absolute atomic E-state index is 9.72. The topological polar surface area (TPSA) is 152 Å². The van der Waals surface area contributed by atoms with Gasteiger partial charge in [0.05, 0.1) is 92.5 Å². The Morgan fingerprint density at radius 1 is 0.703 bits per heavy atom. The van der Waals surface area contributed by atoms with Gasteiger partial charge in [-0.3, -0.25) is 0 Å². The second kappa shape index (κ2) is 28.4. The third-order valence-corrected chi connectivity index (χ3v) is 3.92. The van der Waals surface area contributed by atoms with Gasteiger partial charge in [-0.25, -0.2) is 4.79 Å². The van der Waals surface area contributed by atoms with E-state index in [-0.39, 0.29) is 13.2 Å². The molecule has 1 aromatic rings. The Labute approximate surface area is 218 Å². The quantitative estimate of drug-likeness (QED) is 0.0922. The molecule has 1 unspecified atom stereocenters. The molecule has 0 aliphatic heterocycles. The van der Waals surface area contributed by atoms with Crippen molar-refractivity contribution in [2.24, 2.45) is 0 Å². The number of para-hydroxylation sites is 1. The van der Waals surface area contributed by atoms with Crippen LogP contribution in [0.2, 0.25) is 0 Å². The predicted molar refractivity (Wildman–Crippen MR) is 134 cm³/mol. The summed E-state index contributed by atoms with van der Waals surface area (Å²) in [5, 5.41) is 25.9. The summed E-state index contributed by atoms with van der Waals surface area (Å²) in [6.07, 6.45) is -0.178. The standard InChI is InChI=1S/C22H38O10.C3H4O2/c23-6-7-25-8-9-26-10-11-27-12-13-28-14-15-29-16-17-30-18-19-31-20-22(24)32-21-4-2-1-3-5-21;1-2-3(4)5/h1-5,22-24H,6-20H2;2H,1H2,(H,4,5). The van der Waals surface area contributed by atoms with Gasteiger partial charge in [0, 0.05) is 6.08 Å². The third-order valence-electron chi connectivity index (χ3n) is 3.92. The second-order valence-corrected chi connectivity index (χ2v) is 6.90. The minimum absolute atomic E-state index is 0.0243. The number of ether oxygens (including phenoxy) is 8. The van der Waals surface area contributed by atoms with Crippen LogP contribution in [0, 0.1) is 0 Å². The number of hydrogen-bond donors (Lipinski definition) is 3. The van der Waals surface area contributed by atoms with Crippen LogP contribution < -0.4 is 4.74 Å². The molecule has 0 saturated heterocycles. The molecular weight excluding hydrogens is 492 g/mol. The molecule has 0 heterocycles. The zero-order valence-electron chi connectivity index (χ0n) is 21.4. The molecule has 214 valence electrons. The molecule has 0 aliphatic carbocycles. The molecule has 0 aromatic heterocycles. The van der Waals surface area contributed by atoms with E-state index in [0.29, 0.717) is 91.6 Å². The van der Waals surface area contributed by atoms with Gasteiger partial charge in [0.1, 0.15) is 12.4 Å². The third kappa shape index (κ3) is 28.3. The molecule has 0 spiro atoms. The first kappa shape index (κ1) is 34.9. The molecule has 3 N–H and O–H groups in total. The lowest BCUT2D eigenvalue weighted by molar-refractivity contribution is -0.131. The van der Waals surface area contributed by atoms with E-state index in [1.54, 1.807) is 12.1 Å². The van der Waals surface area contributed by atoms with Gasteiger partial charge in [-0.2, -0.15) is 0 Å². The number of aliphatic carboxylic acids is 1. The normalized spacial score (nSPS) is 11.4. The highest BCUT2D eigenvalue weighted by molar-refractivity contribution is 5.78. The fourth-order valence-electron chi connectivity index (χ4n) is 2.26. The molecule has 12 heteroatoms. The summed E-state index contributed by atoms with van der Waals surface area (Å²) in [6, 6.07) is 9.08. The van der Waals surface area contributed by atoms with E-state index in [4.69, 9.17) is 48.1 Å². The molecule has 0 fully saturated rings. The smallest absolute Gasteiger partial charge is 0.327 e. The van der Waals surface area contributed by atoms with Crippen molar-refractivity contribution in [3.05, 3.63) is 43.0 Å². The number of aliphatic hydroxyl groups is 2. The highest BCUT2D eigenvalue weighted by Crippen LogP contribution is 2.09. The van der Waals surface area contributed by atoms with E-state index < -0.39 is 12.3 Å². The van der Waals surface area contributed by atoms with Crippen LogP contribution in [0.25, 0.3) is 0 Å². The van der Waals surface area contributed by atoms with Crippen molar-refractivity contribution in [2.75, 3.05) is 99.1 Å². The van der Waals surface area contributed by atoms with E-state index in [2.05, 4.69) is 6.58 Å². The Balaban J connectivity index is 0.00000235. The highest BCUT2D eigenvalue weighted by atomic mass is 16.6. The van der Waals surface area contributed by atoms with Gasteiger partial charge in [0.25, 0.3) is 0 Å². The first-order chi connectivity index (χ1) is 18.1. The highest BCUT2D eigenvalue weighted by Gasteiger charge is 2.05. The Bertz CT molecular complexity index is 617. The summed E-state index contributed by atoms with van der Waals surface area (Å²) >= 11 is 0. The van der Waals surface area contributed by atoms with Gasteiger partial charge in [-0.15, -0.1) is 0 Å². The van der Waals surface area contributed by atoms with Crippen LogP contribution >= 0.6 is 0 Å². The zero-order valence-corrected chi connectivity index (χ0v) is 21.4. The van der Waals surface area contributed by atoms with Gasteiger partial charge in [-0.1, -0.05) is 24.8 Å². The van der Waals surface area contributed by atoms with E-state index in [9.17, 15) is 9.90 Å². The largest absolute Gasteiger partial charge is 0.478 e. The Hall–Kier alpha value is -2.13. The fourth-order valence-corrected chi connectivity index (χ4v) is 2.26. The van der Waals surface area contributed by atoms with Gasteiger partial charge in [-0.05, 0) is 12.1 Å². The van der Waals surface area contributed by atoms with Crippen molar-refractivity contribution in [1.29, 1.82) is 0 Å². The molecule has 1 aromatic carbocycles. The summed E-state index contributed by atoms with van der Waals surface area (Å²) < 4.78 is 42.5. The van der Waals surface area contributed by atoms with E-state index >= 15 is 0 Å². The number of carbonyl (C=O) groups is 1. The molecular formula is C25H42O12. The molecule has 0 radical (unpaired) electrons. The van der Waals surface area contributed by atoms with Crippen molar-refractivity contribution in [3.63, 3.8) is 0 Å². The Kier molecular flexibility index (Phi) is 26.8. The maximum Gasteiger partial charge on any atom is 0.327 e. The summed E-state index contributed by atoms with van der Waals surface area (Å²) in [4.78, 5) is 9.25. The lowest BCUT2D eigenvalue weighted by atomic mass is 10.3. The average molecular weight is 535 g/mol. The van der Waals surface area contributed by atoms with Crippen LogP contribution in [-0.4, -0.2) is 127 Å². The predicted octanol–water partition coefficient (Wildman–Crippen LogP) is 0.749. The van der Waals surface area contributed by atoms with Gasteiger partial charge >= 0.3 is 5.97 Å². The number of carboxylic acids is 1. The van der Waals surface area contributed by atoms with Gasteiger partial charge in [0.2, 0.25) is 6.29 Å². The molecule has 1 rings (SSSR count). The lowest BCUT2D eigenvalue weighted by Crippen LogP contribution is -2.23. The Morgan fingerprint density at radius 2 is 1.05 bits per heavy atom. The van der Waals surface area contributed by atoms with Crippen LogP contribution in [-0.2, 0) is 38.0 Å². The van der Waals surface area contributed by atoms with Gasteiger partial charge < -0.3 is 53.2 Å². The monoisotopic (exact) mass is 534 g/mol. The molecule has 12 nitrogen and oxygen atoms in total.